The molecule has 0 aromatic carbocycles. The number of sulfonamides is 1. The van der Waals surface area contributed by atoms with Crippen LogP contribution >= 0.6 is 27.3 Å². The van der Waals surface area contributed by atoms with Gasteiger partial charge in [-0.3, -0.25) is 0 Å². The van der Waals surface area contributed by atoms with Crippen LogP contribution in [0.1, 0.15) is 6.42 Å². The third-order valence-electron chi connectivity index (χ3n) is 2.75. The van der Waals surface area contributed by atoms with E-state index in [-0.39, 0.29) is 0 Å². The van der Waals surface area contributed by atoms with Crippen molar-refractivity contribution in [2.75, 3.05) is 26.8 Å². The van der Waals surface area contributed by atoms with Gasteiger partial charge in [0.15, 0.2) is 0 Å². The van der Waals surface area contributed by atoms with Crippen LogP contribution in [-0.4, -0.2) is 39.5 Å². The summed E-state index contributed by atoms with van der Waals surface area (Å²) >= 11 is 4.51. The van der Waals surface area contributed by atoms with E-state index in [1.165, 1.54) is 15.6 Å². The summed E-state index contributed by atoms with van der Waals surface area (Å²) in [6.45, 7) is 1.93. The van der Waals surface area contributed by atoms with Gasteiger partial charge in [0.2, 0.25) is 0 Å². The van der Waals surface area contributed by atoms with Crippen LogP contribution < -0.4 is 0 Å². The van der Waals surface area contributed by atoms with Crippen LogP contribution in [0.2, 0.25) is 0 Å². The van der Waals surface area contributed by atoms with E-state index in [9.17, 15) is 8.42 Å². The van der Waals surface area contributed by atoms with E-state index < -0.39 is 10.0 Å². The summed E-state index contributed by atoms with van der Waals surface area (Å²) in [5.74, 6) is 0.318. The van der Waals surface area contributed by atoms with Gasteiger partial charge in [0.25, 0.3) is 10.0 Å². The third-order valence-corrected chi connectivity index (χ3v) is 6.67. The summed E-state index contributed by atoms with van der Waals surface area (Å²) in [5.41, 5.74) is 0. The SMILES string of the molecule is CN(CC1CCOC1)S(=O)(=O)c1ccc(Br)s1. The van der Waals surface area contributed by atoms with Gasteiger partial charge in [0.1, 0.15) is 4.21 Å². The van der Waals surface area contributed by atoms with E-state index in [0.29, 0.717) is 23.3 Å². The molecular formula is C10H14BrNO3S2. The number of hydrogen-bond acceptors (Lipinski definition) is 4. The molecule has 1 unspecified atom stereocenters. The molecule has 0 spiro atoms. The lowest BCUT2D eigenvalue weighted by atomic mass is 10.1. The first kappa shape index (κ1) is 13.5. The molecule has 96 valence electrons. The van der Waals surface area contributed by atoms with E-state index in [2.05, 4.69) is 15.9 Å². The van der Waals surface area contributed by atoms with Crippen LogP contribution in [0, 0.1) is 5.92 Å². The highest BCUT2D eigenvalue weighted by Crippen LogP contribution is 2.28. The number of rotatable bonds is 4. The maximum Gasteiger partial charge on any atom is 0.252 e. The van der Waals surface area contributed by atoms with Crippen molar-refractivity contribution >= 4 is 37.3 Å². The number of ether oxygens (including phenoxy) is 1. The monoisotopic (exact) mass is 339 g/mol. The van der Waals surface area contributed by atoms with E-state index in [1.54, 1.807) is 19.2 Å². The largest absolute Gasteiger partial charge is 0.381 e. The van der Waals surface area contributed by atoms with Crippen LogP contribution in [0.25, 0.3) is 0 Å². The molecule has 4 nitrogen and oxygen atoms in total. The van der Waals surface area contributed by atoms with Crippen molar-refractivity contribution in [2.24, 2.45) is 5.92 Å². The van der Waals surface area contributed by atoms with Crippen molar-refractivity contribution in [2.45, 2.75) is 10.6 Å². The molecule has 2 rings (SSSR count). The normalized spacial score (nSPS) is 21.2. The summed E-state index contributed by atoms with van der Waals surface area (Å²) in [7, 11) is -1.71. The van der Waals surface area contributed by atoms with Crippen LogP contribution in [0.15, 0.2) is 20.1 Å². The molecule has 1 saturated heterocycles. The second kappa shape index (κ2) is 5.36. The lowest BCUT2D eigenvalue weighted by molar-refractivity contribution is 0.182. The fourth-order valence-corrected chi connectivity index (χ4v) is 5.25. The Morgan fingerprint density at radius 1 is 1.59 bits per heavy atom. The molecule has 0 saturated carbocycles. The number of nitrogens with zero attached hydrogens (tertiary/aromatic N) is 1. The standard InChI is InChI=1S/C10H14BrNO3S2/c1-12(6-8-4-5-15-7-8)17(13,14)10-3-2-9(11)16-10/h2-3,8H,4-7H2,1H3. The molecule has 0 bridgehead atoms. The van der Waals surface area contributed by atoms with Crippen molar-refractivity contribution in [1.29, 1.82) is 0 Å². The summed E-state index contributed by atoms with van der Waals surface area (Å²) in [6, 6.07) is 3.38. The third kappa shape index (κ3) is 3.08. The van der Waals surface area contributed by atoms with Gasteiger partial charge in [-0.25, -0.2) is 8.42 Å². The Labute approximate surface area is 114 Å². The highest BCUT2D eigenvalue weighted by Gasteiger charge is 2.26. The lowest BCUT2D eigenvalue weighted by Crippen LogP contribution is -2.31. The number of thiophene rings is 1. The molecule has 1 aromatic rings. The van der Waals surface area contributed by atoms with Gasteiger partial charge in [-0.2, -0.15) is 4.31 Å². The molecule has 0 radical (unpaired) electrons. The van der Waals surface area contributed by atoms with Gasteiger partial charge >= 0.3 is 0 Å². The smallest absolute Gasteiger partial charge is 0.252 e. The average Bonchev–Trinajstić information content (AvgIpc) is 2.89. The molecule has 0 aliphatic carbocycles. The lowest BCUT2D eigenvalue weighted by Gasteiger charge is -2.18. The Balaban J connectivity index is 2.09. The van der Waals surface area contributed by atoms with Crippen molar-refractivity contribution in [1.82, 2.24) is 4.31 Å². The summed E-state index contributed by atoms with van der Waals surface area (Å²) in [4.78, 5) is 0. The molecular weight excluding hydrogens is 326 g/mol. The number of halogens is 1. The fraction of sp³-hybridized carbons (Fsp3) is 0.600. The van der Waals surface area contributed by atoms with Crippen molar-refractivity contribution in [3.63, 3.8) is 0 Å². The zero-order chi connectivity index (χ0) is 12.5. The highest BCUT2D eigenvalue weighted by atomic mass is 79.9. The topological polar surface area (TPSA) is 46.6 Å². The predicted molar refractivity (Wildman–Crippen MR) is 70.8 cm³/mol. The maximum absolute atomic E-state index is 12.2. The van der Waals surface area contributed by atoms with Gasteiger partial charge < -0.3 is 4.74 Å². The minimum absolute atomic E-state index is 0.318. The molecule has 0 N–H and O–H groups in total. The molecule has 1 aliphatic heterocycles. The minimum atomic E-state index is -3.34. The predicted octanol–water partition coefficient (Wildman–Crippen LogP) is 2.17. The Kier molecular flexibility index (Phi) is 4.25. The van der Waals surface area contributed by atoms with E-state index >= 15 is 0 Å². The summed E-state index contributed by atoms with van der Waals surface area (Å²) in [5, 5.41) is 0. The molecule has 1 aromatic heterocycles. The van der Waals surface area contributed by atoms with Crippen molar-refractivity contribution in [3.8, 4) is 0 Å². The molecule has 1 atom stereocenters. The Bertz CT molecular complexity index is 479. The van der Waals surface area contributed by atoms with Crippen LogP contribution in [0.4, 0.5) is 0 Å². The zero-order valence-electron chi connectivity index (χ0n) is 9.43. The van der Waals surface area contributed by atoms with Crippen LogP contribution in [-0.2, 0) is 14.8 Å². The average molecular weight is 340 g/mol. The van der Waals surface area contributed by atoms with Gasteiger partial charge in [-0.1, -0.05) is 0 Å². The Morgan fingerprint density at radius 3 is 2.88 bits per heavy atom. The van der Waals surface area contributed by atoms with E-state index in [0.717, 1.165) is 16.8 Å². The zero-order valence-corrected chi connectivity index (χ0v) is 12.6. The van der Waals surface area contributed by atoms with Gasteiger partial charge in [0.05, 0.1) is 10.4 Å². The van der Waals surface area contributed by atoms with Gasteiger partial charge in [-0.05, 0) is 40.4 Å². The second-order valence-corrected chi connectivity index (χ2v) is 8.81. The first-order valence-electron chi connectivity index (χ1n) is 5.29. The van der Waals surface area contributed by atoms with E-state index in [4.69, 9.17) is 4.74 Å². The summed E-state index contributed by atoms with van der Waals surface area (Å²) < 4.78 is 32.3. The molecule has 1 aliphatic rings. The van der Waals surface area contributed by atoms with E-state index in [1.807, 2.05) is 0 Å². The molecule has 17 heavy (non-hydrogen) atoms. The molecule has 2 heterocycles. The van der Waals surface area contributed by atoms with Gasteiger partial charge in [-0.15, -0.1) is 11.3 Å². The van der Waals surface area contributed by atoms with Gasteiger partial charge in [0, 0.05) is 20.2 Å². The molecule has 1 fully saturated rings. The number of hydrogen-bond donors (Lipinski definition) is 0. The second-order valence-electron chi connectivity index (χ2n) is 4.07. The highest BCUT2D eigenvalue weighted by molar-refractivity contribution is 9.11. The van der Waals surface area contributed by atoms with Crippen LogP contribution in [0.5, 0.6) is 0 Å². The first-order chi connectivity index (χ1) is 8.00. The Hall–Kier alpha value is 0.0500. The minimum Gasteiger partial charge on any atom is -0.381 e. The maximum atomic E-state index is 12.2. The molecule has 7 heteroatoms. The fourth-order valence-electron chi connectivity index (χ4n) is 1.78. The van der Waals surface area contributed by atoms with Crippen LogP contribution in [0.3, 0.4) is 0 Å². The summed E-state index contributed by atoms with van der Waals surface area (Å²) in [6.07, 6.45) is 0.938. The Morgan fingerprint density at radius 2 is 2.35 bits per heavy atom. The van der Waals surface area contributed by atoms with Crippen molar-refractivity contribution in [3.05, 3.63) is 15.9 Å². The molecule has 0 amide bonds. The first-order valence-corrected chi connectivity index (χ1v) is 8.34. The van der Waals surface area contributed by atoms with Crippen molar-refractivity contribution < 1.29 is 13.2 Å². The quantitative estimate of drug-likeness (QED) is 0.844.